The second kappa shape index (κ2) is 19.3. The molecule has 0 saturated heterocycles. The summed E-state index contributed by atoms with van der Waals surface area (Å²) in [6.07, 6.45) is 13.4. The molecule has 1 aromatic rings. The second-order valence-electron chi connectivity index (χ2n) is 5.22. The molecule has 1 aromatic carbocycles. The molecule has 0 spiro atoms. The maximum Gasteiger partial charge on any atom is 2.00 e. The van der Waals surface area contributed by atoms with E-state index < -0.39 is 0 Å². The minimum absolute atomic E-state index is 0. The van der Waals surface area contributed by atoms with Crippen LogP contribution >= 0.6 is 7.92 Å². The summed E-state index contributed by atoms with van der Waals surface area (Å²) in [4.78, 5) is 0. The average Bonchev–Trinajstić information content (AvgIpc) is 2.49. The second-order valence-corrected chi connectivity index (χ2v) is 8.22. The van der Waals surface area contributed by atoms with Crippen molar-refractivity contribution in [3.05, 3.63) is 36.4 Å². The van der Waals surface area contributed by atoms with E-state index in [1.54, 1.807) is 18.5 Å². The van der Waals surface area contributed by atoms with E-state index >= 15 is 0 Å². The van der Waals surface area contributed by atoms with Crippen LogP contribution in [0.3, 0.4) is 0 Å². The van der Waals surface area contributed by atoms with Crippen molar-refractivity contribution in [1.29, 1.82) is 0 Å². The summed E-state index contributed by atoms with van der Waals surface area (Å²) >= 11 is 0. The van der Waals surface area contributed by atoms with Crippen molar-refractivity contribution >= 4 is 7.92 Å². The van der Waals surface area contributed by atoms with Gasteiger partial charge in [0.25, 0.3) is 0 Å². The van der Waals surface area contributed by atoms with Crippen LogP contribution < -0.4 is 0 Å². The summed E-state index contributed by atoms with van der Waals surface area (Å²) in [7, 11) is 0.0675. The maximum atomic E-state index is 2.32. The molecule has 1 rings (SSSR count). The molecule has 0 saturated carbocycles. The molecular formula is C18H34PPt+3. The summed E-state index contributed by atoms with van der Waals surface area (Å²) in [6, 6.07) is 12.0. The minimum atomic E-state index is 0. The Balaban J connectivity index is 0. The Morgan fingerprint density at radius 2 is 0.800 bits per heavy atom. The van der Waals surface area contributed by atoms with Gasteiger partial charge in [0, 0.05) is 7.92 Å². The van der Waals surface area contributed by atoms with Crippen LogP contribution in [-0.2, 0) is 21.1 Å². The van der Waals surface area contributed by atoms with E-state index in [0.29, 0.717) is 0 Å². The van der Waals surface area contributed by atoms with Gasteiger partial charge in [0.2, 0.25) is 0 Å². The Labute approximate surface area is 143 Å². The van der Waals surface area contributed by atoms with Gasteiger partial charge < -0.3 is 0 Å². The van der Waals surface area contributed by atoms with Crippen molar-refractivity contribution in [2.75, 3.05) is 18.5 Å². The first kappa shape index (κ1) is 22.6. The normalized spacial score (nSPS) is 9.60. The SMILES string of the molecule is CCCC[PH+](CCCC)CCCC.[Pt+2].c1ccccc1. The smallest absolute Gasteiger partial charge is 0.0652 e. The molecule has 0 bridgehead atoms. The van der Waals surface area contributed by atoms with Crippen molar-refractivity contribution in [2.45, 2.75) is 59.3 Å². The molecule has 2 heteroatoms. The number of unbranched alkanes of at least 4 members (excludes halogenated alkanes) is 3. The zero-order chi connectivity index (χ0) is 14.2. The summed E-state index contributed by atoms with van der Waals surface area (Å²) in [6.45, 7) is 6.96. The molecule has 0 radical (unpaired) electrons. The summed E-state index contributed by atoms with van der Waals surface area (Å²) in [5, 5.41) is 0. The molecule has 0 fully saturated rings. The Bertz CT molecular complexity index is 205. The number of rotatable bonds is 9. The van der Waals surface area contributed by atoms with Gasteiger partial charge in [-0.1, -0.05) is 76.4 Å². The van der Waals surface area contributed by atoms with Crippen molar-refractivity contribution in [2.24, 2.45) is 0 Å². The third-order valence-electron chi connectivity index (χ3n) is 3.32. The Hall–Kier alpha value is 0.338. The Kier molecular flexibility index (Phi) is 21.9. The van der Waals surface area contributed by atoms with E-state index in [4.69, 9.17) is 0 Å². The maximum absolute atomic E-state index is 2.32. The molecular weight excluding hydrogens is 442 g/mol. The van der Waals surface area contributed by atoms with Crippen LogP contribution in [0.1, 0.15) is 59.3 Å². The van der Waals surface area contributed by atoms with Crippen LogP contribution in [0, 0.1) is 0 Å². The van der Waals surface area contributed by atoms with Gasteiger partial charge in [-0.2, -0.15) is 0 Å². The van der Waals surface area contributed by atoms with Crippen LogP contribution in [0.15, 0.2) is 36.4 Å². The molecule has 118 valence electrons. The zero-order valence-corrected chi connectivity index (χ0v) is 16.9. The van der Waals surface area contributed by atoms with Gasteiger partial charge in [-0.3, -0.25) is 0 Å². The molecule has 20 heavy (non-hydrogen) atoms. The molecule has 0 amide bonds. The van der Waals surface area contributed by atoms with E-state index in [1.807, 2.05) is 36.4 Å². The first-order valence-electron chi connectivity index (χ1n) is 8.18. The monoisotopic (exact) mass is 476 g/mol. The molecule has 0 heterocycles. The van der Waals surface area contributed by atoms with Gasteiger partial charge >= 0.3 is 21.1 Å². The van der Waals surface area contributed by atoms with Crippen molar-refractivity contribution in [3.63, 3.8) is 0 Å². The molecule has 0 aliphatic heterocycles. The fourth-order valence-corrected chi connectivity index (χ4v) is 5.35. The van der Waals surface area contributed by atoms with E-state index in [1.165, 1.54) is 38.5 Å². The molecule has 0 aliphatic rings. The summed E-state index contributed by atoms with van der Waals surface area (Å²) < 4.78 is 0. The van der Waals surface area contributed by atoms with Gasteiger partial charge in [0.15, 0.2) is 0 Å². The van der Waals surface area contributed by atoms with Gasteiger partial charge in [-0.05, 0) is 19.3 Å². The molecule has 0 N–H and O–H groups in total. The average molecular weight is 477 g/mol. The third kappa shape index (κ3) is 16.4. The number of hydrogen-bond donors (Lipinski definition) is 0. The zero-order valence-electron chi connectivity index (χ0n) is 13.6. The van der Waals surface area contributed by atoms with Crippen LogP contribution in [0.5, 0.6) is 0 Å². The fraction of sp³-hybridized carbons (Fsp3) is 0.667. The predicted molar refractivity (Wildman–Crippen MR) is 94.1 cm³/mol. The Morgan fingerprint density at radius 3 is 1.00 bits per heavy atom. The van der Waals surface area contributed by atoms with E-state index in [0.717, 1.165) is 0 Å². The molecule has 0 unspecified atom stereocenters. The fourth-order valence-electron chi connectivity index (χ4n) is 2.04. The summed E-state index contributed by atoms with van der Waals surface area (Å²) in [5.74, 6) is 0. The third-order valence-corrected chi connectivity index (χ3v) is 6.50. The molecule has 0 atom stereocenters. The quantitative estimate of drug-likeness (QED) is 0.368. The first-order valence-corrected chi connectivity index (χ1v) is 10.3. The first-order chi connectivity index (χ1) is 9.35. The van der Waals surface area contributed by atoms with E-state index in [9.17, 15) is 0 Å². The van der Waals surface area contributed by atoms with Crippen molar-refractivity contribution in [3.8, 4) is 0 Å². The van der Waals surface area contributed by atoms with Crippen molar-refractivity contribution < 1.29 is 21.1 Å². The van der Waals surface area contributed by atoms with Crippen molar-refractivity contribution in [1.82, 2.24) is 0 Å². The van der Waals surface area contributed by atoms with E-state index in [-0.39, 0.29) is 29.0 Å². The van der Waals surface area contributed by atoms with Gasteiger partial charge in [0.05, 0.1) is 18.5 Å². The topological polar surface area (TPSA) is 0 Å². The van der Waals surface area contributed by atoms with Gasteiger partial charge in [-0.15, -0.1) is 0 Å². The van der Waals surface area contributed by atoms with Gasteiger partial charge in [-0.25, -0.2) is 0 Å². The van der Waals surface area contributed by atoms with E-state index in [2.05, 4.69) is 20.8 Å². The van der Waals surface area contributed by atoms with Crippen LogP contribution in [0.4, 0.5) is 0 Å². The molecule has 0 aliphatic carbocycles. The minimum Gasteiger partial charge on any atom is -0.0652 e. The Morgan fingerprint density at radius 1 is 0.550 bits per heavy atom. The van der Waals surface area contributed by atoms with Gasteiger partial charge in [0.1, 0.15) is 0 Å². The standard InChI is InChI=1S/C12H27P.C6H6.Pt/c1-4-7-10-13(11-8-5-2)12-9-6-3;1-2-4-6-5-3-1;/h4-12H2,1-3H3;1-6H;/q;;+2/p+1. The predicted octanol–water partition coefficient (Wildman–Crippen LogP) is 6.29. The van der Waals surface area contributed by atoms with Crippen LogP contribution in [-0.4, -0.2) is 18.5 Å². The van der Waals surface area contributed by atoms with Crippen LogP contribution in [0.25, 0.3) is 0 Å². The number of hydrogen-bond acceptors (Lipinski definition) is 0. The van der Waals surface area contributed by atoms with Crippen LogP contribution in [0.2, 0.25) is 0 Å². The summed E-state index contributed by atoms with van der Waals surface area (Å²) in [5.41, 5.74) is 0. The number of benzene rings is 1. The molecule has 0 aromatic heterocycles. The molecule has 0 nitrogen and oxygen atoms in total. The largest absolute Gasteiger partial charge is 2.00 e.